The Morgan fingerprint density at radius 1 is 1.18 bits per heavy atom. The molecule has 1 saturated heterocycles. The number of carbonyl (C=O) groups excluding carboxylic acids is 3. The first-order valence-corrected chi connectivity index (χ1v) is 20.3. The number of nitrogens with zero attached hydrogens (tertiary/aromatic N) is 3. The highest BCUT2D eigenvalue weighted by Gasteiger charge is 2.64. The first kappa shape index (κ1) is 40.0. The molecule has 300 valence electrons. The van der Waals surface area contributed by atoms with Gasteiger partial charge in [0.2, 0.25) is 27.7 Å². The van der Waals surface area contributed by atoms with E-state index >= 15 is 0 Å². The number of anilines is 1. The van der Waals surface area contributed by atoms with Gasteiger partial charge in [0.25, 0.3) is 5.91 Å². The zero-order valence-corrected chi connectivity index (χ0v) is 32.7. The number of hydrogen-bond donors (Lipinski definition) is 4. The average Bonchev–Trinajstić information content (AvgIpc) is 4.05. The summed E-state index contributed by atoms with van der Waals surface area (Å²) >= 11 is 0. The molecule has 1 aromatic heterocycles. The minimum atomic E-state index is -4.39. The lowest BCUT2D eigenvalue weighted by Crippen LogP contribution is -2.59. The first-order chi connectivity index (χ1) is 26.1. The molecule has 55 heavy (non-hydrogen) atoms. The molecule has 0 unspecified atom stereocenters. The Hall–Kier alpha value is -4.67. The van der Waals surface area contributed by atoms with Gasteiger partial charge >= 0.3 is 6.09 Å². The van der Waals surface area contributed by atoms with Gasteiger partial charge in [-0.15, -0.1) is 0 Å². The molecule has 2 aliphatic carbocycles. The molecule has 3 fully saturated rings. The van der Waals surface area contributed by atoms with Gasteiger partial charge in [-0.3, -0.25) is 19.1 Å². The Kier molecular flexibility index (Phi) is 11.2. The van der Waals surface area contributed by atoms with Crippen molar-refractivity contribution in [3.63, 3.8) is 0 Å². The zero-order valence-electron chi connectivity index (χ0n) is 31.8. The van der Waals surface area contributed by atoms with E-state index in [1.165, 1.54) is 4.90 Å². The van der Waals surface area contributed by atoms with Crippen LogP contribution in [0, 0.1) is 17.8 Å². The van der Waals surface area contributed by atoms with E-state index in [2.05, 4.69) is 15.4 Å². The lowest BCUT2D eigenvalue weighted by molar-refractivity contribution is -0.142. The number of halogens is 1. The quantitative estimate of drug-likeness (QED) is 0.257. The van der Waals surface area contributed by atoms with Crippen LogP contribution in [0.15, 0.2) is 36.4 Å². The van der Waals surface area contributed by atoms with Gasteiger partial charge in [-0.2, -0.15) is 4.98 Å². The summed E-state index contributed by atoms with van der Waals surface area (Å²) in [5.74, 6) is -1.76. The largest absolute Gasteiger partial charge is 0.497 e. The highest BCUT2D eigenvalue weighted by atomic mass is 32.2. The highest BCUT2D eigenvalue weighted by Crippen LogP contribution is 2.48. The minimum Gasteiger partial charge on any atom is -0.497 e. The molecule has 2 saturated carbocycles. The fourth-order valence-electron chi connectivity index (χ4n) is 7.81. The maximum absolute atomic E-state index is 14.5. The second-order valence-corrected chi connectivity index (χ2v) is 17.7. The van der Waals surface area contributed by atoms with E-state index in [1.807, 2.05) is 44.0 Å². The van der Waals surface area contributed by atoms with Crippen LogP contribution in [0.25, 0.3) is 10.8 Å². The number of pyridine rings is 1. The standard InChI is InChI=1S/C38H51FN6O9S/c1-6-44(4)30-17-24-16-26(53-5)11-12-28(24)33(40-30)54-27-18-29-32(46)42-38(35(48)43-55(51,52)37(21-39)13-14-37)19-25(38)10-8-7-9-22(2)15-23(3)31(41-36(49)50)34(47)45(29)20-27/h8,10-12,16-17,22-23,25,27,29,31,41H,6-7,9,13-15,18-21H2,1-5H3,(H,42,46)(H,43,48)(H,49,50)/t22-,23+,25+,27+,29-,31-,38+/m0/s1. The third kappa shape index (κ3) is 8.03. The summed E-state index contributed by atoms with van der Waals surface area (Å²) in [6.45, 7) is 5.17. The van der Waals surface area contributed by atoms with E-state index in [0.717, 1.165) is 5.39 Å². The molecule has 4 amide bonds. The maximum atomic E-state index is 14.5. The van der Waals surface area contributed by atoms with Crippen LogP contribution in [0.4, 0.5) is 15.0 Å². The molecule has 0 bridgehead atoms. The van der Waals surface area contributed by atoms with Crippen molar-refractivity contribution in [1.82, 2.24) is 25.2 Å². The van der Waals surface area contributed by atoms with E-state index in [4.69, 9.17) is 14.5 Å². The molecule has 6 rings (SSSR count). The van der Waals surface area contributed by atoms with E-state index < -0.39 is 80.8 Å². The fraction of sp³-hybridized carbons (Fsp3) is 0.605. The number of allylic oxidation sites excluding steroid dienone is 1. The molecule has 0 radical (unpaired) electrons. The number of carboxylic acid groups (broad SMARTS) is 1. The Bertz CT molecular complexity index is 1980. The number of carbonyl (C=O) groups is 4. The molecule has 4 aliphatic rings. The third-order valence-electron chi connectivity index (χ3n) is 11.7. The van der Waals surface area contributed by atoms with Crippen LogP contribution in [0.1, 0.15) is 65.7 Å². The first-order valence-electron chi connectivity index (χ1n) is 18.8. The molecule has 0 spiro atoms. The van der Waals surface area contributed by atoms with Crippen LogP contribution in [0.2, 0.25) is 0 Å². The normalized spacial score (nSPS) is 29.2. The van der Waals surface area contributed by atoms with Crippen LogP contribution in [-0.4, -0.2) is 110 Å². The number of hydrogen-bond acceptors (Lipinski definition) is 10. The SMILES string of the molecule is CCN(C)c1cc2cc(OC)ccc2c(O[C@@H]2C[C@H]3C(=O)N[C@]4(C(=O)NS(=O)(=O)C5(CF)CC5)C[C@H]4C=CCC[C@H](C)C[C@@H](C)[C@H](NC(=O)O)C(=O)N3C2)n1. The van der Waals surface area contributed by atoms with Crippen molar-refractivity contribution < 1.29 is 46.6 Å². The number of methoxy groups -OCH3 is 1. The number of rotatable bonds is 10. The number of benzene rings is 1. The molecule has 7 atom stereocenters. The summed E-state index contributed by atoms with van der Waals surface area (Å²) in [5, 5.41) is 16.4. The Morgan fingerprint density at radius 2 is 1.93 bits per heavy atom. The van der Waals surface area contributed by atoms with Crippen molar-refractivity contribution in [2.45, 2.75) is 94.2 Å². The van der Waals surface area contributed by atoms with Crippen LogP contribution in [0.5, 0.6) is 11.6 Å². The van der Waals surface area contributed by atoms with Crippen molar-refractivity contribution in [1.29, 1.82) is 0 Å². The second kappa shape index (κ2) is 15.5. The van der Waals surface area contributed by atoms with Crippen LogP contribution >= 0.6 is 0 Å². The number of sulfonamides is 1. The minimum absolute atomic E-state index is 0.0449. The number of aromatic nitrogens is 1. The number of alkyl halides is 1. The predicted octanol–water partition coefficient (Wildman–Crippen LogP) is 3.52. The average molecular weight is 787 g/mol. The Balaban J connectivity index is 1.36. The number of fused-ring (bicyclic) bond motifs is 3. The van der Waals surface area contributed by atoms with Crippen molar-refractivity contribution in [3.05, 3.63) is 36.4 Å². The molecule has 2 aliphatic heterocycles. The Morgan fingerprint density at radius 3 is 2.58 bits per heavy atom. The van der Waals surface area contributed by atoms with E-state index in [1.54, 1.807) is 32.2 Å². The lowest BCUT2D eigenvalue weighted by atomic mass is 9.88. The summed E-state index contributed by atoms with van der Waals surface area (Å²) in [6.07, 6.45) is 3.48. The van der Waals surface area contributed by atoms with Gasteiger partial charge in [0.15, 0.2) is 0 Å². The number of ether oxygens (including phenoxy) is 2. The molecule has 2 aromatic rings. The van der Waals surface area contributed by atoms with E-state index in [-0.39, 0.29) is 44.0 Å². The Labute approximate surface area is 320 Å². The maximum Gasteiger partial charge on any atom is 0.405 e. The molecule has 1 aromatic carbocycles. The van der Waals surface area contributed by atoms with E-state index in [9.17, 15) is 37.1 Å². The highest BCUT2D eigenvalue weighted by molar-refractivity contribution is 7.91. The summed E-state index contributed by atoms with van der Waals surface area (Å²) < 4.78 is 52.5. The summed E-state index contributed by atoms with van der Waals surface area (Å²) in [4.78, 5) is 62.8. The molecule has 17 heteroatoms. The number of amides is 4. The lowest BCUT2D eigenvalue weighted by Gasteiger charge is -2.32. The van der Waals surface area contributed by atoms with Gasteiger partial charge in [-0.25, -0.2) is 17.6 Å². The van der Waals surface area contributed by atoms with Gasteiger partial charge in [-0.1, -0.05) is 26.0 Å². The van der Waals surface area contributed by atoms with Gasteiger partial charge in [0, 0.05) is 31.3 Å². The molecular formula is C38H51FN6O9S. The van der Waals surface area contributed by atoms with Crippen LogP contribution in [0.3, 0.4) is 0 Å². The van der Waals surface area contributed by atoms with Crippen LogP contribution in [-0.2, 0) is 24.4 Å². The van der Waals surface area contributed by atoms with Crippen LogP contribution < -0.4 is 29.7 Å². The summed E-state index contributed by atoms with van der Waals surface area (Å²) in [7, 11) is -0.951. The third-order valence-corrected chi connectivity index (χ3v) is 13.8. The monoisotopic (exact) mass is 786 g/mol. The number of nitrogens with one attached hydrogen (secondary N) is 3. The van der Waals surface area contributed by atoms with E-state index in [0.29, 0.717) is 42.8 Å². The molecule has 3 heterocycles. The zero-order chi connectivity index (χ0) is 39.9. The predicted molar refractivity (Wildman–Crippen MR) is 202 cm³/mol. The van der Waals surface area contributed by atoms with Crippen molar-refractivity contribution in [2.75, 3.05) is 38.8 Å². The van der Waals surface area contributed by atoms with Gasteiger partial charge in [-0.05, 0) is 86.9 Å². The topological polar surface area (TPSA) is 197 Å². The molecule has 4 N–H and O–H groups in total. The fourth-order valence-corrected chi connectivity index (χ4v) is 9.23. The smallest absolute Gasteiger partial charge is 0.405 e. The molecule has 15 nitrogen and oxygen atoms in total. The van der Waals surface area contributed by atoms with Gasteiger partial charge in [0.1, 0.15) is 46.7 Å². The van der Waals surface area contributed by atoms with Gasteiger partial charge in [0.05, 0.1) is 13.7 Å². The summed E-state index contributed by atoms with van der Waals surface area (Å²) in [6, 6.07) is 4.89. The molecular weight excluding hydrogens is 736 g/mol. The second-order valence-electron chi connectivity index (χ2n) is 15.6. The van der Waals surface area contributed by atoms with Crippen molar-refractivity contribution in [2.24, 2.45) is 17.8 Å². The summed E-state index contributed by atoms with van der Waals surface area (Å²) in [5.41, 5.74) is -1.67. The van der Waals surface area contributed by atoms with Gasteiger partial charge < -0.3 is 35.0 Å². The van der Waals surface area contributed by atoms with Crippen molar-refractivity contribution in [3.8, 4) is 11.6 Å². The van der Waals surface area contributed by atoms with Crippen molar-refractivity contribution >= 4 is 50.4 Å².